The molecule has 0 atom stereocenters. The highest BCUT2D eigenvalue weighted by Gasteiger charge is 2.14. The molecule has 0 fully saturated rings. The van der Waals surface area contributed by atoms with Crippen LogP contribution < -0.4 is 0 Å². The maximum absolute atomic E-state index is 13.0. The minimum absolute atomic E-state index is 0.237. The van der Waals surface area contributed by atoms with Crippen LogP contribution in [0.15, 0.2) is 42.5 Å². The van der Waals surface area contributed by atoms with Gasteiger partial charge in [-0.15, -0.1) is 0 Å². The van der Waals surface area contributed by atoms with Crippen LogP contribution in [-0.2, 0) is 7.05 Å². The van der Waals surface area contributed by atoms with Gasteiger partial charge in [-0.1, -0.05) is 12.1 Å². The number of aryl methyl sites for hydroxylation is 1. The molecule has 1 N–H and O–H groups in total. The van der Waals surface area contributed by atoms with Crippen molar-refractivity contribution < 1.29 is 9.50 Å². The molecule has 2 nitrogen and oxygen atoms in total. The second kappa shape index (κ2) is 4.12. The molecule has 3 aromatic rings. The molecule has 96 valence electrons. The fourth-order valence-electron chi connectivity index (χ4n) is 2.54. The van der Waals surface area contributed by atoms with E-state index in [0.717, 1.165) is 27.7 Å². The first-order valence-corrected chi connectivity index (χ1v) is 6.12. The van der Waals surface area contributed by atoms with Crippen LogP contribution in [0.4, 0.5) is 4.39 Å². The summed E-state index contributed by atoms with van der Waals surface area (Å²) >= 11 is 0. The summed E-state index contributed by atoms with van der Waals surface area (Å²) in [5, 5.41) is 10.7. The zero-order valence-corrected chi connectivity index (χ0v) is 10.8. The summed E-state index contributed by atoms with van der Waals surface area (Å²) in [6.45, 7) is 2.02. The van der Waals surface area contributed by atoms with Gasteiger partial charge in [0.05, 0.1) is 0 Å². The molecular formula is C16H14FNO. The lowest BCUT2D eigenvalue weighted by Crippen LogP contribution is -1.90. The number of hydrogen-bond donors (Lipinski definition) is 1. The second-order valence-corrected chi connectivity index (χ2v) is 4.73. The number of rotatable bonds is 1. The van der Waals surface area contributed by atoms with E-state index in [-0.39, 0.29) is 11.6 Å². The van der Waals surface area contributed by atoms with E-state index < -0.39 is 0 Å². The van der Waals surface area contributed by atoms with Crippen molar-refractivity contribution in [2.45, 2.75) is 6.92 Å². The molecule has 0 aliphatic rings. The molecule has 3 heteroatoms. The zero-order valence-electron chi connectivity index (χ0n) is 10.8. The second-order valence-electron chi connectivity index (χ2n) is 4.73. The first kappa shape index (κ1) is 11.8. The minimum atomic E-state index is -0.246. The Labute approximate surface area is 110 Å². The number of halogens is 1. The van der Waals surface area contributed by atoms with Crippen LogP contribution in [-0.4, -0.2) is 9.67 Å². The maximum Gasteiger partial charge on any atom is 0.123 e. The monoisotopic (exact) mass is 255 g/mol. The molecule has 19 heavy (non-hydrogen) atoms. The van der Waals surface area contributed by atoms with Gasteiger partial charge in [-0.05, 0) is 42.8 Å². The van der Waals surface area contributed by atoms with Crippen LogP contribution in [0.1, 0.15) is 5.69 Å². The Kier molecular flexibility index (Phi) is 2.56. The number of hydrogen-bond acceptors (Lipinski definition) is 1. The van der Waals surface area contributed by atoms with Crippen molar-refractivity contribution in [1.82, 2.24) is 4.57 Å². The molecular weight excluding hydrogens is 241 g/mol. The molecule has 3 rings (SSSR count). The van der Waals surface area contributed by atoms with E-state index in [1.54, 1.807) is 24.3 Å². The van der Waals surface area contributed by atoms with E-state index in [2.05, 4.69) is 4.57 Å². The third kappa shape index (κ3) is 1.78. The molecule has 0 radical (unpaired) electrons. The summed E-state index contributed by atoms with van der Waals surface area (Å²) < 4.78 is 15.1. The Hall–Kier alpha value is -2.29. The number of fused-ring (bicyclic) bond motifs is 1. The van der Waals surface area contributed by atoms with Crippen molar-refractivity contribution >= 4 is 10.9 Å². The van der Waals surface area contributed by atoms with Gasteiger partial charge >= 0.3 is 0 Å². The summed E-state index contributed by atoms with van der Waals surface area (Å²) in [5.41, 5.74) is 4.13. The fraction of sp³-hybridized carbons (Fsp3) is 0.125. The molecule has 0 saturated heterocycles. The number of phenols is 1. The summed E-state index contributed by atoms with van der Waals surface area (Å²) in [4.78, 5) is 0. The topological polar surface area (TPSA) is 25.2 Å². The lowest BCUT2D eigenvalue weighted by atomic mass is 10.0. The molecule has 0 saturated carbocycles. The average Bonchev–Trinajstić information content (AvgIpc) is 2.63. The van der Waals surface area contributed by atoms with Crippen molar-refractivity contribution in [2.75, 3.05) is 0 Å². The van der Waals surface area contributed by atoms with Crippen molar-refractivity contribution in [1.29, 1.82) is 0 Å². The van der Waals surface area contributed by atoms with Gasteiger partial charge in [0.25, 0.3) is 0 Å². The molecule has 0 aliphatic carbocycles. The van der Waals surface area contributed by atoms with Crippen LogP contribution >= 0.6 is 0 Å². The summed E-state index contributed by atoms with van der Waals surface area (Å²) in [7, 11) is 1.99. The van der Waals surface area contributed by atoms with Crippen LogP contribution in [0.2, 0.25) is 0 Å². The zero-order chi connectivity index (χ0) is 13.6. The van der Waals surface area contributed by atoms with Crippen molar-refractivity contribution in [3.8, 4) is 16.9 Å². The first-order chi connectivity index (χ1) is 9.08. The number of benzene rings is 2. The smallest absolute Gasteiger partial charge is 0.123 e. The Morgan fingerprint density at radius 2 is 1.74 bits per heavy atom. The van der Waals surface area contributed by atoms with Gasteiger partial charge in [-0.25, -0.2) is 4.39 Å². The molecule has 0 spiro atoms. The highest BCUT2D eigenvalue weighted by atomic mass is 19.1. The summed E-state index contributed by atoms with van der Waals surface area (Å²) in [5.74, 6) is -0.00838. The van der Waals surface area contributed by atoms with Crippen molar-refractivity contribution in [3.63, 3.8) is 0 Å². The van der Waals surface area contributed by atoms with Gasteiger partial charge in [0, 0.05) is 29.2 Å². The lowest BCUT2D eigenvalue weighted by Gasteiger charge is -2.03. The average molecular weight is 255 g/mol. The largest absolute Gasteiger partial charge is 0.508 e. The van der Waals surface area contributed by atoms with Crippen LogP contribution in [0.25, 0.3) is 22.0 Å². The number of phenolic OH excluding ortho intramolecular Hbond substituents is 1. The highest BCUT2D eigenvalue weighted by molar-refractivity contribution is 5.98. The van der Waals surface area contributed by atoms with E-state index >= 15 is 0 Å². The van der Waals surface area contributed by atoms with Crippen molar-refractivity contribution in [2.24, 2.45) is 7.05 Å². The maximum atomic E-state index is 13.0. The van der Waals surface area contributed by atoms with Crippen LogP contribution in [0.3, 0.4) is 0 Å². The lowest BCUT2D eigenvalue weighted by molar-refractivity contribution is 0.476. The van der Waals surface area contributed by atoms with E-state index in [1.165, 1.54) is 12.1 Å². The van der Waals surface area contributed by atoms with E-state index in [1.807, 2.05) is 20.0 Å². The van der Waals surface area contributed by atoms with Gasteiger partial charge in [-0.3, -0.25) is 0 Å². The molecule has 0 amide bonds. The molecule has 1 aromatic heterocycles. The number of nitrogens with zero attached hydrogens (tertiary/aromatic N) is 1. The Morgan fingerprint density at radius 1 is 1.05 bits per heavy atom. The van der Waals surface area contributed by atoms with E-state index in [0.29, 0.717) is 0 Å². The van der Waals surface area contributed by atoms with Gasteiger partial charge < -0.3 is 9.67 Å². The third-order valence-corrected chi connectivity index (χ3v) is 3.61. The molecule has 0 aliphatic heterocycles. The first-order valence-electron chi connectivity index (χ1n) is 6.12. The Bertz CT molecular complexity index is 757. The van der Waals surface area contributed by atoms with Crippen molar-refractivity contribution in [3.05, 3.63) is 54.0 Å². The van der Waals surface area contributed by atoms with Gasteiger partial charge in [0.1, 0.15) is 11.6 Å². The number of aromatic hydroxyl groups is 1. The van der Waals surface area contributed by atoms with Crippen LogP contribution in [0, 0.1) is 12.7 Å². The molecule has 1 heterocycles. The quantitative estimate of drug-likeness (QED) is 0.698. The molecule has 2 aromatic carbocycles. The third-order valence-electron chi connectivity index (χ3n) is 3.61. The Morgan fingerprint density at radius 3 is 2.42 bits per heavy atom. The van der Waals surface area contributed by atoms with E-state index in [4.69, 9.17) is 0 Å². The molecule has 0 bridgehead atoms. The SMILES string of the molecule is Cc1c(-c2ccc(F)cc2)c2cc(O)ccc2n1C. The predicted molar refractivity (Wildman–Crippen MR) is 74.7 cm³/mol. The minimum Gasteiger partial charge on any atom is -0.508 e. The predicted octanol–water partition coefficient (Wildman–Crippen LogP) is 4.00. The standard InChI is InChI=1S/C16H14FNO/c1-10-16(11-3-5-12(17)6-4-11)14-9-13(19)7-8-15(14)18(10)2/h3-9,19H,1-2H3. The summed E-state index contributed by atoms with van der Waals surface area (Å²) in [6.07, 6.45) is 0. The van der Waals surface area contributed by atoms with Gasteiger partial charge in [0.2, 0.25) is 0 Å². The fourth-order valence-corrected chi connectivity index (χ4v) is 2.54. The number of aromatic nitrogens is 1. The van der Waals surface area contributed by atoms with Gasteiger partial charge in [-0.2, -0.15) is 0 Å². The normalized spacial score (nSPS) is 11.1. The van der Waals surface area contributed by atoms with Gasteiger partial charge in [0.15, 0.2) is 0 Å². The van der Waals surface area contributed by atoms with Crippen LogP contribution in [0.5, 0.6) is 5.75 Å². The molecule has 0 unspecified atom stereocenters. The highest BCUT2D eigenvalue weighted by Crippen LogP contribution is 2.35. The van der Waals surface area contributed by atoms with E-state index in [9.17, 15) is 9.50 Å². The summed E-state index contributed by atoms with van der Waals surface area (Å²) in [6, 6.07) is 11.8. The Balaban J connectivity index is 2.36.